The van der Waals surface area contributed by atoms with Crippen LogP contribution in [0.3, 0.4) is 0 Å². The van der Waals surface area contributed by atoms with Crippen LogP contribution in [-0.4, -0.2) is 0 Å². The smallest absolute Gasteiger partial charge is 0.0352 e. The fraction of sp³-hybridized carbons (Fsp3) is 0.700. The first-order valence-electron chi connectivity index (χ1n) is 9.05. The Hall–Kier alpha value is -0.980. The van der Waals surface area contributed by atoms with Crippen LogP contribution in [0, 0.1) is 6.92 Å². The van der Waals surface area contributed by atoms with E-state index in [4.69, 9.17) is 5.73 Å². The van der Waals surface area contributed by atoms with Crippen LogP contribution in [0.4, 0.5) is 5.69 Å². The minimum atomic E-state index is 0.667. The van der Waals surface area contributed by atoms with Gasteiger partial charge in [-0.2, -0.15) is 0 Å². The topological polar surface area (TPSA) is 26.0 Å². The minimum Gasteiger partial charge on any atom is -0.398 e. The summed E-state index contributed by atoms with van der Waals surface area (Å²) >= 11 is 0. The Morgan fingerprint density at radius 1 is 0.857 bits per heavy atom. The van der Waals surface area contributed by atoms with Crippen molar-refractivity contribution in [3.05, 3.63) is 29.3 Å². The van der Waals surface area contributed by atoms with E-state index in [1.54, 1.807) is 0 Å². The third-order valence-corrected chi connectivity index (χ3v) is 4.58. The van der Waals surface area contributed by atoms with Gasteiger partial charge in [0.2, 0.25) is 0 Å². The zero-order valence-corrected chi connectivity index (χ0v) is 14.5. The first-order valence-corrected chi connectivity index (χ1v) is 9.05. The lowest BCUT2D eigenvalue weighted by Gasteiger charge is -2.21. The van der Waals surface area contributed by atoms with Crippen molar-refractivity contribution < 1.29 is 0 Å². The van der Waals surface area contributed by atoms with Crippen LogP contribution in [0.25, 0.3) is 0 Å². The Kier molecular flexibility index (Phi) is 9.21. The standard InChI is InChI=1S/C20H35N/c1-4-6-8-10-14-18(15-11-9-7-5-2)20-17(3)13-12-16-19(20)21/h12-13,16,18H,4-11,14-15,21H2,1-3H3. The number of hydrogen-bond acceptors (Lipinski definition) is 1. The maximum Gasteiger partial charge on any atom is 0.0352 e. The Labute approximate surface area is 132 Å². The first-order chi connectivity index (χ1) is 10.2. The molecule has 1 heteroatoms. The maximum absolute atomic E-state index is 6.28. The normalized spacial score (nSPS) is 11.2. The predicted octanol–water partition coefficient (Wildman–Crippen LogP) is 6.60. The fourth-order valence-electron chi connectivity index (χ4n) is 3.33. The number of hydrogen-bond donors (Lipinski definition) is 1. The second-order valence-corrected chi connectivity index (χ2v) is 6.47. The Morgan fingerprint density at radius 3 is 1.90 bits per heavy atom. The number of nitrogens with two attached hydrogens (primary N) is 1. The number of anilines is 1. The number of rotatable bonds is 11. The van der Waals surface area contributed by atoms with Crippen LogP contribution in [-0.2, 0) is 0 Å². The van der Waals surface area contributed by atoms with Crippen LogP contribution >= 0.6 is 0 Å². The molecule has 1 rings (SSSR count). The largest absolute Gasteiger partial charge is 0.398 e. The lowest BCUT2D eigenvalue weighted by molar-refractivity contribution is 0.496. The van der Waals surface area contributed by atoms with Gasteiger partial charge < -0.3 is 5.73 Å². The van der Waals surface area contributed by atoms with Crippen molar-refractivity contribution in [2.75, 3.05) is 5.73 Å². The zero-order valence-electron chi connectivity index (χ0n) is 14.5. The molecule has 0 aromatic heterocycles. The predicted molar refractivity (Wildman–Crippen MR) is 95.9 cm³/mol. The van der Waals surface area contributed by atoms with Gasteiger partial charge >= 0.3 is 0 Å². The summed E-state index contributed by atoms with van der Waals surface area (Å²) in [6.07, 6.45) is 13.4. The van der Waals surface area contributed by atoms with Gasteiger partial charge in [0.25, 0.3) is 0 Å². The highest BCUT2D eigenvalue weighted by atomic mass is 14.6. The molecule has 120 valence electrons. The monoisotopic (exact) mass is 289 g/mol. The summed E-state index contributed by atoms with van der Waals surface area (Å²) < 4.78 is 0. The fourth-order valence-corrected chi connectivity index (χ4v) is 3.33. The van der Waals surface area contributed by atoms with Crippen molar-refractivity contribution in [3.8, 4) is 0 Å². The van der Waals surface area contributed by atoms with Gasteiger partial charge in [-0.15, -0.1) is 0 Å². The highest BCUT2D eigenvalue weighted by molar-refractivity contribution is 5.52. The van der Waals surface area contributed by atoms with Gasteiger partial charge in [-0.3, -0.25) is 0 Å². The number of unbranched alkanes of at least 4 members (excludes halogenated alkanes) is 6. The van der Waals surface area contributed by atoms with Crippen LogP contribution in [0.5, 0.6) is 0 Å². The molecule has 0 amide bonds. The molecule has 0 heterocycles. The molecule has 0 radical (unpaired) electrons. The number of nitrogen functional groups attached to an aromatic ring is 1. The van der Waals surface area contributed by atoms with Crippen molar-refractivity contribution in [2.24, 2.45) is 0 Å². The van der Waals surface area contributed by atoms with E-state index in [0.717, 1.165) is 5.69 Å². The molecular weight excluding hydrogens is 254 g/mol. The van der Waals surface area contributed by atoms with Crippen molar-refractivity contribution in [1.82, 2.24) is 0 Å². The van der Waals surface area contributed by atoms with E-state index in [1.807, 2.05) is 0 Å². The van der Waals surface area contributed by atoms with E-state index in [-0.39, 0.29) is 0 Å². The van der Waals surface area contributed by atoms with Gasteiger partial charge in [-0.25, -0.2) is 0 Å². The molecule has 2 N–H and O–H groups in total. The second kappa shape index (κ2) is 10.7. The molecule has 0 bridgehead atoms. The molecule has 0 unspecified atom stereocenters. The number of aryl methyl sites for hydroxylation is 1. The quantitative estimate of drug-likeness (QED) is 0.360. The molecule has 0 aliphatic heterocycles. The van der Waals surface area contributed by atoms with Crippen LogP contribution in [0.1, 0.15) is 95.1 Å². The molecule has 1 nitrogen and oxygen atoms in total. The van der Waals surface area contributed by atoms with E-state index >= 15 is 0 Å². The second-order valence-electron chi connectivity index (χ2n) is 6.47. The Bertz CT molecular complexity index is 351. The number of benzene rings is 1. The van der Waals surface area contributed by atoms with Gasteiger partial charge in [0.05, 0.1) is 0 Å². The van der Waals surface area contributed by atoms with Crippen molar-refractivity contribution in [3.63, 3.8) is 0 Å². The first kappa shape index (κ1) is 18.1. The third kappa shape index (κ3) is 6.54. The van der Waals surface area contributed by atoms with Gasteiger partial charge in [-0.1, -0.05) is 77.3 Å². The molecule has 21 heavy (non-hydrogen) atoms. The van der Waals surface area contributed by atoms with E-state index in [2.05, 4.69) is 39.0 Å². The van der Waals surface area contributed by atoms with E-state index in [0.29, 0.717) is 5.92 Å². The van der Waals surface area contributed by atoms with E-state index in [9.17, 15) is 0 Å². The molecule has 0 fully saturated rings. The molecule has 0 saturated carbocycles. The van der Waals surface area contributed by atoms with Crippen molar-refractivity contribution >= 4 is 5.69 Å². The van der Waals surface area contributed by atoms with E-state index in [1.165, 1.54) is 75.3 Å². The molecule has 0 spiro atoms. The molecule has 0 aliphatic rings. The summed E-state index contributed by atoms with van der Waals surface area (Å²) in [7, 11) is 0. The van der Waals surface area contributed by atoms with Gasteiger partial charge in [0.15, 0.2) is 0 Å². The zero-order chi connectivity index (χ0) is 15.5. The minimum absolute atomic E-state index is 0.667. The summed E-state index contributed by atoms with van der Waals surface area (Å²) in [5.74, 6) is 0.667. The van der Waals surface area contributed by atoms with Crippen LogP contribution < -0.4 is 5.73 Å². The average Bonchev–Trinajstić information content (AvgIpc) is 2.47. The molecule has 1 aromatic rings. The van der Waals surface area contributed by atoms with Gasteiger partial charge in [-0.05, 0) is 42.9 Å². The molecule has 0 atom stereocenters. The average molecular weight is 290 g/mol. The van der Waals surface area contributed by atoms with Crippen molar-refractivity contribution in [1.29, 1.82) is 0 Å². The molecule has 0 aliphatic carbocycles. The SMILES string of the molecule is CCCCCCC(CCCCCC)c1c(C)cccc1N. The summed E-state index contributed by atoms with van der Waals surface area (Å²) in [4.78, 5) is 0. The summed E-state index contributed by atoms with van der Waals surface area (Å²) in [5, 5.41) is 0. The molecule has 0 saturated heterocycles. The lowest BCUT2D eigenvalue weighted by atomic mass is 9.85. The van der Waals surface area contributed by atoms with Gasteiger partial charge in [0, 0.05) is 5.69 Å². The molecule has 1 aromatic carbocycles. The highest BCUT2D eigenvalue weighted by Crippen LogP contribution is 2.34. The summed E-state index contributed by atoms with van der Waals surface area (Å²) in [6, 6.07) is 6.38. The van der Waals surface area contributed by atoms with Crippen LogP contribution in [0.15, 0.2) is 18.2 Å². The Morgan fingerprint density at radius 2 is 1.43 bits per heavy atom. The third-order valence-electron chi connectivity index (χ3n) is 4.58. The van der Waals surface area contributed by atoms with Crippen LogP contribution in [0.2, 0.25) is 0 Å². The summed E-state index contributed by atoms with van der Waals surface area (Å²) in [6.45, 7) is 6.78. The summed E-state index contributed by atoms with van der Waals surface area (Å²) in [5.41, 5.74) is 10.1. The van der Waals surface area contributed by atoms with E-state index < -0.39 is 0 Å². The Balaban J connectivity index is 2.65. The highest BCUT2D eigenvalue weighted by Gasteiger charge is 2.16. The van der Waals surface area contributed by atoms with Crippen molar-refractivity contribution in [2.45, 2.75) is 90.9 Å². The molecular formula is C20H35N. The maximum atomic E-state index is 6.28. The lowest BCUT2D eigenvalue weighted by Crippen LogP contribution is -2.06. The van der Waals surface area contributed by atoms with Gasteiger partial charge in [0.1, 0.15) is 0 Å².